The number of hydrogen-bond acceptors (Lipinski definition) is 2. The third kappa shape index (κ3) is 1.95. The fourth-order valence-electron chi connectivity index (χ4n) is 1.94. The van der Waals surface area contributed by atoms with E-state index >= 15 is 0 Å². The van der Waals surface area contributed by atoms with Gasteiger partial charge in [0, 0.05) is 10.5 Å². The van der Waals surface area contributed by atoms with Crippen LogP contribution in [-0.4, -0.2) is 9.55 Å². The minimum Gasteiger partial charge on any atom is -0.306 e. The lowest BCUT2D eigenvalue weighted by atomic mass is 10.1. The number of halogens is 1. The Hall–Kier alpha value is -1.36. The molecule has 0 radical (unpaired) electrons. The third-order valence-corrected chi connectivity index (χ3v) is 3.17. The predicted molar refractivity (Wildman–Crippen MR) is 71.7 cm³/mol. The number of H-pyrrole nitrogens is 1. The van der Waals surface area contributed by atoms with Crippen LogP contribution in [0, 0.1) is 6.92 Å². The number of nitrogens with zero attached hydrogens (tertiary/aromatic N) is 1. The smallest absolute Gasteiger partial charge is 0.306 e. The molecule has 0 saturated carbocycles. The molecular weight excluding hydrogens is 284 g/mol. The normalized spacial score (nSPS) is 11.4. The lowest BCUT2D eigenvalue weighted by Gasteiger charge is -2.10. The van der Waals surface area contributed by atoms with Gasteiger partial charge in [-0.25, -0.2) is 4.79 Å². The fraction of sp³-hybridized carbons (Fsp3) is 0.333. The summed E-state index contributed by atoms with van der Waals surface area (Å²) in [5, 5.41) is 0.533. The molecule has 17 heavy (non-hydrogen) atoms. The quantitative estimate of drug-likeness (QED) is 0.878. The van der Waals surface area contributed by atoms with Crippen LogP contribution >= 0.6 is 15.9 Å². The summed E-state index contributed by atoms with van der Waals surface area (Å²) in [5.74, 6) is 0. The second-order valence-corrected chi connectivity index (χ2v) is 5.26. The van der Waals surface area contributed by atoms with Crippen LogP contribution in [0.15, 0.2) is 26.2 Å². The van der Waals surface area contributed by atoms with E-state index in [2.05, 4.69) is 20.9 Å². The van der Waals surface area contributed by atoms with E-state index in [0.717, 1.165) is 10.0 Å². The Bertz CT molecular complexity index is 698. The lowest BCUT2D eigenvalue weighted by molar-refractivity contribution is 0.552. The molecule has 0 bridgehead atoms. The van der Waals surface area contributed by atoms with Crippen molar-refractivity contribution in [1.82, 2.24) is 9.55 Å². The molecule has 5 heteroatoms. The van der Waals surface area contributed by atoms with Crippen molar-refractivity contribution < 1.29 is 0 Å². The van der Waals surface area contributed by atoms with Gasteiger partial charge >= 0.3 is 5.69 Å². The molecule has 1 aromatic carbocycles. The second kappa shape index (κ2) is 4.14. The molecule has 2 rings (SSSR count). The highest BCUT2D eigenvalue weighted by atomic mass is 79.9. The number of rotatable bonds is 1. The van der Waals surface area contributed by atoms with Gasteiger partial charge in [-0.1, -0.05) is 15.9 Å². The van der Waals surface area contributed by atoms with E-state index in [1.54, 1.807) is 6.07 Å². The monoisotopic (exact) mass is 296 g/mol. The minimum atomic E-state index is -0.358. The molecule has 1 heterocycles. The largest absolute Gasteiger partial charge is 0.329 e. The summed E-state index contributed by atoms with van der Waals surface area (Å²) in [6.45, 7) is 5.49. The number of aromatic amines is 1. The first-order valence-electron chi connectivity index (χ1n) is 5.36. The summed E-state index contributed by atoms with van der Waals surface area (Å²) in [4.78, 5) is 26.8. The topological polar surface area (TPSA) is 54.9 Å². The zero-order chi connectivity index (χ0) is 12.7. The standard InChI is InChI=1S/C12H13BrN2O2/c1-6(2)15-11(16)9-5-8(13)4-7(3)10(9)14-12(15)17/h4-6H,1-3H3,(H,14,17). The van der Waals surface area contributed by atoms with Gasteiger partial charge in [0.15, 0.2) is 0 Å². The highest BCUT2D eigenvalue weighted by Crippen LogP contribution is 2.19. The lowest BCUT2D eigenvalue weighted by Crippen LogP contribution is -2.36. The maximum atomic E-state index is 12.2. The van der Waals surface area contributed by atoms with Crippen LogP contribution in [0.4, 0.5) is 0 Å². The maximum absolute atomic E-state index is 12.2. The average molecular weight is 297 g/mol. The fourth-order valence-corrected chi connectivity index (χ4v) is 2.51. The van der Waals surface area contributed by atoms with Crippen LogP contribution in [0.25, 0.3) is 10.9 Å². The van der Waals surface area contributed by atoms with Crippen LogP contribution in [0.2, 0.25) is 0 Å². The van der Waals surface area contributed by atoms with Crippen molar-refractivity contribution in [2.45, 2.75) is 26.8 Å². The van der Waals surface area contributed by atoms with Crippen LogP contribution in [0.3, 0.4) is 0 Å². The van der Waals surface area contributed by atoms with Gasteiger partial charge in [-0.2, -0.15) is 0 Å². The van der Waals surface area contributed by atoms with E-state index in [1.165, 1.54) is 4.57 Å². The van der Waals surface area contributed by atoms with Crippen LogP contribution in [-0.2, 0) is 0 Å². The van der Waals surface area contributed by atoms with Crippen molar-refractivity contribution in [2.75, 3.05) is 0 Å². The van der Waals surface area contributed by atoms with Crippen LogP contribution in [0.1, 0.15) is 25.5 Å². The van der Waals surface area contributed by atoms with E-state index in [1.807, 2.05) is 26.8 Å². The molecule has 0 aliphatic rings. The van der Waals surface area contributed by atoms with Gasteiger partial charge in [0.2, 0.25) is 0 Å². The molecular formula is C12H13BrN2O2. The summed E-state index contributed by atoms with van der Waals surface area (Å²) in [5.41, 5.74) is 0.880. The molecule has 0 spiro atoms. The zero-order valence-corrected chi connectivity index (χ0v) is 11.5. The molecule has 90 valence electrons. The number of hydrogen-bond donors (Lipinski definition) is 1. The van der Waals surface area contributed by atoms with Crippen molar-refractivity contribution in [3.63, 3.8) is 0 Å². The van der Waals surface area contributed by atoms with Gasteiger partial charge in [-0.3, -0.25) is 9.36 Å². The third-order valence-electron chi connectivity index (χ3n) is 2.72. The first-order valence-corrected chi connectivity index (χ1v) is 6.16. The summed E-state index contributed by atoms with van der Waals surface area (Å²) < 4.78 is 2.07. The molecule has 1 aromatic heterocycles. The number of nitrogens with one attached hydrogen (secondary N) is 1. The number of aromatic nitrogens is 2. The summed E-state index contributed by atoms with van der Waals surface area (Å²) >= 11 is 3.36. The molecule has 0 unspecified atom stereocenters. The first-order chi connectivity index (χ1) is 7.91. The van der Waals surface area contributed by atoms with Gasteiger partial charge < -0.3 is 4.98 Å². The van der Waals surface area contributed by atoms with Crippen molar-refractivity contribution in [2.24, 2.45) is 0 Å². The zero-order valence-electron chi connectivity index (χ0n) is 9.87. The Labute approximate surface area is 106 Å². The average Bonchev–Trinajstić information content (AvgIpc) is 2.19. The first kappa shape index (κ1) is 12.1. The molecule has 0 atom stereocenters. The van der Waals surface area contributed by atoms with E-state index in [4.69, 9.17) is 0 Å². The van der Waals surface area contributed by atoms with Gasteiger partial charge in [-0.05, 0) is 38.5 Å². The molecule has 0 aliphatic carbocycles. The highest BCUT2D eigenvalue weighted by Gasteiger charge is 2.11. The Balaban J connectivity index is 3.03. The van der Waals surface area contributed by atoms with Gasteiger partial charge in [0.05, 0.1) is 10.9 Å². The van der Waals surface area contributed by atoms with Crippen LogP contribution in [0.5, 0.6) is 0 Å². The van der Waals surface area contributed by atoms with Gasteiger partial charge in [-0.15, -0.1) is 0 Å². The van der Waals surface area contributed by atoms with Gasteiger partial charge in [0.25, 0.3) is 5.56 Å². The summed E-state index contributed by atoms with van der Waals surface area (Å²) in [6.07, 6.45) is 0. The van der Waals surface area contributed by atoms with E-state index in [0.29, 0.717) is 10.9 Å². The number of aryl methyl sites for hydroxylation is 1. The molecule has 0 amide bonds. The molecule has 0 aliphatic heterocycles. The molecule has 4 nitrogen and oxygen atoms in total. The minimum absolute atomic E-state index is 0.157. The number of fused-ring (bicyclic) bond motifs is 1. The number of benzene rings is 1. The van der Waals surface area contributed by atoms with E-state index in [-0.39, 0.29) is 17.3 Å². The van der Waals surface area contributed by atoms with Crippen molar-refractivity contribution in [1.29, 1.82) is 0 Å². The molecule has 2 aromatic rings. The Kier molecular flexibility index (Phi) is 2.95. The second-order valence-electron chi connectivity index (χ2n) is 4.34. The molecule has 1 N–H and O–H groups in total. The van der Waals surface area contributed by atoms with Crippen molar-refractivity contribution in [3.05, 3.63) is 43.0 Å². The summed E-state index contributed by atoms with van der Waals surface area (Å²) in [6, 6.07) is 3.45. The SMILES string of the molecule is Cc1cc(Br)cc2c(=O)n(C(C)C)c(=O)[nH]c12. The Morgan fingerprint density at radius 2 is 1.94 bits per heavy atom. The van der Waals surface area contributed by atoms with Crippen LogP contribution < -0.4 is 11.2 Å². The Morgan fingerprint density at radius 3 is 2.53 bits per heavy atom. The van der Waals surface area contributed by atoms with Gasteiger partial charge in [0.1, 0.15) is 0 Å². The van der Waals surface area contributed by atoms with Crippen molar-refractivity contribution >= 4 is 26.8 Å². The molecule has 0 fully saturated rings. The highest BCUT2D eigenvalue weighted by molar-refractivity contribution is 9.10. The predicted octanol–water partition coefficient (Wildman–Crippen LogP) is 2.34. The van der Waals surface area contributed by atoms with Crippen molar-refractivity contribution in [3.8, 4) is 0 Å². The van der Waals surface area contributed by atoms with E-state index < -0.39 is 0 Å². The Morgan fingerprint density at radius 1 is 1.29 bits per heavy atom. The maximum Gasteiger partial charge on any atom is 0.329 e. The van der Waals surface area contributed by atoms with E-state index in [9.17, 15) is 9.59 Å². The summed E-state index contributed by atoms with van der Waals surface area (Å²) in [7, 11) is 0. The molecule has 0 saturated heterocycles.